The van der Waals surface area contributed by atoms with Crippen LogP contribution in [-0.2, 0) is 11.2 Å². The molecule has 0 aliphatic heterocycles. The van der Waals surface area contributed by atoms with E-state index in [2.05, 4.69) is 10.5 Å². The third kappa shape index (κ3) is 3.60. The van der Waals surface area contributed by atoms with Crippen LogP contribution in [0.15, 0.2) is 51.6 Å². The van der Waals surface area contributed by atoms with E-state index >= 15 is 0 Å². The molecule has 23 heavy (non-hydrogen) atoms. The van der Waals surface area contributed by atoms with Crippen LogP contribution in [0.2, 0.25) is 0 Å². The number of hydrogen-bond donors (Lipinski definition) is 2. The zero-order valence-electron chi connectivity index (χ0n) is 12.7. The number of benzene rings is 1. The first-order chi connectivity index (χ1) is 11.1. The van der Waals surface area contributed by atoms with Crippen LogP contribution < -0.4 is 5.32 Å². The lowest BCUT2D eigenvalue weighted by atomic mass is 10.1. The molecule has 0 fully saturated rings. The van der Waals surface area contributed by atoms with Crippen LogP contribution in [0.3, 0.4) is 0 Å². The second kappa shape index (κ2) is 6.66. The van der Waals surface area contributed by atoms with Crippen molar-refractivity contribution in [3.05, 3.63) is 54.1 Å². The monoisotopic (exact) mass is 314 g/mol. The molecule has 1 amide bonds. The maximum Gasteiger partial charge on any atom is 0.226 e. The first-order valence-corrected chi connectivity index (χ1v) is 7.47. The fourth-order valence-electron chi connectivity index (χ4n) is 2.53. The second-order valence-corrected chi connectivity index (χ2v) is 5.54. The summed E-state index contributed by atoms with van der Waals surface area (Å²) in [5, 5.41) is 17.7. The van der Waals surface area contributed by atoms with Crippen molar-refractivity contribution >= 4 is 16.9 Å². The van der Waals surface area contributed by atoms with E-state index in [1.165, 1.54) is 6.26 Å². The highest BCUT2D eigenvalue weighted by Crippen LogP contribution is 2.20. The number of amides is 1. The van der Waals surface area contributed by atoms with Crippen molar-refractivity contribution in [2.24, 2.45) is 0 Å². The van der Waals surface area contributed by atoms with Crippen molar-refractivity contribution in [1.29, 1.82) is 0 Å². The standard InChI is InChI=1S/C17H18N2O4/c1-11(9-14(20)16-7-4-8-22-16)18-17(21)10-13-12-5-2-3-6-15(12)23-19-13/h2-8,11,14,20H,9-10H2,1H3,(H,18,21). The largest absolute Gasteiger partial charge is 0.467 e. The molecule has 120 valence electrons. The molecule has 0 aliphatic carbocycles. The highest BCUT2D eigenvalue weighted by Gasteiger charge is 2.18. The molecule has 3 rings (SSSR count). The van der Waals surface area contributed by atoms with Gasteiger partial charge in [0.1, 0.15) is 17.6 Å². The van der Waals surface area contributed by atoms with E-state index in [0.29, 0.717) is 23.5 Å². The van der Waals surface area contributed by atoms with Crippen LogP contribution >= 0.6 is 0 Å². The van der Waals surface area contributed by atoms with Gasteiger partial charge in [-0.15, -0.1) is 0 Å². The number of hydrogen-bond acceptors (Lipinski definition) is 5. The Morgan fingerprint density at radius 2 is 2.13 bits per heavy atom. The van der Waals surface area contributed by atoms with Gasteiger partial charge in [0.15, 0.2) is 5.58 Å². The minimum atomic E-state index is -0.742. The summed E-state index contributed by atoms with van der Waals surface area (Å²) < 4.78 is 10.3. The van der Waals surface area contributed by atoms with Gasteiger partial charge in [0.25, 0.3) is 0 Å². The first kappa shape index (κ1) is 15.3. The van der Waals surface area contributed by atoms with Gasteiger partial charge in [-0.1, -0.05) is 17.3 Å². The molecule has 0 radical (unpaired) electrons. The highest BCUT2D eigenvalue weighted by atomic mass is 16.5. The van der Waals surface area contributed by atoms with E-state index in [0.717, 1.165) is 5.39 Å². The summed E-state index contributed by atoms with van der Waals surface area (Å²) in [4.78, 5) is 12.1. The Bertz CT molecular complexity index is 779. The second-order valence-electron chi connectivity index (χ2n) is 5.54. The van der Waals surface area contributed by atoms with Crippen molar-refractivity contribution in [2.45, 2.75) is 31.9 Å². The number of aliphatic hydroxyl groups is 1. The maximum absolute atomic E-state index is 12.1. The molecule has 6 heteroatoms. The summed E-state index contributed by atoms with van der Waals surface area (Å²) in [6.07, 6.45) is 1.28. The van der Waals surface area contributed by atoms with Crippen molar-refractivity contribution in [2.75, 3.05) is 0 Å². The predicted molar refractivity (Wildman–Crippen MR) is 83.6 cm³/mol. The zero-order valence-corrected chi connectivity index (χ0v) is 12.7. The number of carbonyl (C=O) groups excluding carboxylic acids is 1. The van der Waals surface area contributed by atoms with Crippen LogP contribution in [0.1, 0.15) is 30.9 Å². The number of furan rings is 1. The molecule has 0 aliphatic rings. The van der Waals surface area contributed by atoms with Crippen LogP contribution in [-0.4, -0.2) is 22.2 Å². The molecule has 2 N–H and O–H groups in total. The van der Waals surface area contributed by atoms with Gasteiger partial charge in [0.2, 0.25) is 5.91 Å². The fraction of sp³-hybridized carbons (Fsp3) is 0.294. The Hall–Kier alpha value is -2.60. The predicted octanol–water partition coefficient (Wildman–Crippen LogP) is 2.59. The Morgan fingerprint density at radius 3 is 2.91 bits per heavy atom. The van der Waals surface area contributed by atoms with Gasteiger partial charge in [0, 0.05) is 17.8 Å². The molecule has 0 saturated heterocycles. The van der Waals surface area contributed by atoms with E-state index in [1.807, 2.05) is 31.2 Å². The molecule has 0 bridgehead atoms. The lowest BCUT2D eigenvalue weighted by molar-refractivity contribution is -0.121. The molecule has 1 aromatic carbocycles. The third-order valence-electron chi connectivity index (χ3n) is 3.64. The minimum absolute atomic E-state index is 0.137. The van der Waals surface area contributed by atoms with Gasteiger partial charge in [-0.3, -0.25) is 4.79 Å². The molecule has 3 aromatic rings. The van der Waals surface area contributed by atoms with Gasteiger partial charge in [-0.25, -0.2) is 0 Å². The fourth-order valence-corrected chi connectivity index (χ4v) is 2.53. The summed E-state index contributed by atoms with van der Waals surface area (Å²) in [5.41, 5.74) is 1.27. The molecule has 2 unspecified atom stereocenters. The molecular formula is C17H18N2O4. The first-order valence-electron chi connectivity index (χ1n) is 7.47. The number of aliphatic hydroxyl groups excluding tert-OH is 1. The minimum Gasteiger partial charge on any atom is -0.467 e. The lowest BCUT2D eigenvalue weighted by Crippen LogP contribution is -2.34. The van der Waals surface area contributed by atoms with Gasteiger partial charge < -0.3 is 19.4 Å². The van der Waals surface area contributed by atoms with Crippen LogP contribution in [0, 0.1) is 0 Å². The zero-order chi connectivity index (χ0) is 16.2. The van der Waals surface area contributed by atoms with Crippen LogP contribution in [0.4, 0.5) is 0 Å². The number of nitrogens with zero attached hydrogens (tertiary/aromatic N) is 1. The van der Waals surface area contributed by atoms with E-state index in [-0.39, 0.29) is 18.4 Å². The topological polar surface area (TPSA) is 88.5 Å². The average Bonchev–Trinajstić information content (AvgIpc) is 3.17. The third-order valence-corrected chi connectivity index (χ3v) is 3.64. The number of carbonyl (C=O) groups is 1. The van der Waals surface area contributed by atoms with Crippen LogP contribution in [0.25, 0.3) is 11.0 Å². The number of para-hydroxylation sites is 1. The summed E-state index contributed by atoms with van der Waals surface area (Å²) in [6, 6.07) is 10.7. The maximum atomic E-state index is 12.1. The van der Waals surface area contributed by atoms with E-state index < -0.39 is 6.10 Å². The Balaban J connectivity index is 1.56. The smallest absolute Gasteiger partial charge is 0.226 e. The molecule has 0 spiro atoms. The van der Waals surface area contributed by atoms with E-state index in [9.17, 15) is 9.90 Å². The van der Waals surface area contributed by atoms with Crippen molar-refractivity contribution < 1.29 is 18.8 Å². The van der Waals surface area contributed by atoms with Gasteiger partial charge in [-0.2, -0.15) is 0 Å². The van der Waals surface area contributed by atoms with Crippen LogP contribution in [0.5, 0.6) is 0 Å². The molecule has 0 saturated carbocycles. The summed E-state index contributed by atoms with van der Waals surface area (Å²) in [7, 11) is 0. The van der Waals surface area contributed by atoms with Crippen molar-refractivity contribution in [3.8, 4) is 0 Å². The quantitative estimate of drug-likeness (QED) is 0.730. The van der Waals surface area contributed by atoms with Crippen molar-refractivity contribution in [1.82, 2.24) is 10.5 Å². The number of nitrogens with one attached hydrogen (secondary N) is 1. The van der Waals surface area contributed by atoms with Gasteiger partial charge in [-0.05, 0) is 31.2 Å². The summed E-state index contributed by atoms with van der Waals surface area (Å²) >= 11 is 0. The van der Waals surface area contributed by atoms with E-state index in [1.54, 1.807) is 12.1 Å². The van der Waals surface area contributed by atoms with E-state index in [4.69, 9.17) is 8.94 Å². The van der Waals surface area contributed by atoms with Gasteiger partial charge in [0.05, 0.1) is 12.7 Å². The van der Waals surface area contributed by atoms with Crippen molar-refractivity contribution in [3.63, 3.8) is 0 Å². The molecule has 2 heterocycles. The molecule has 6 nitrogen and oxygen atoms in total. The highest BCUT2D eigenvalue weighted by molar-refractivity contribution is 5.86. The average molecular weight is 314 g/mol. The Morgan fingerprint density at radius 1 is 1.30 bits per heavy atom. The SMILES string of the molecule is CC(CC(O)c1ccco1)NC(=O)Cc1noc2ccccc12. The summed E-state index contributed by atoms with van der Waals surface area (Å²) in [5.74, 6) is 0.330. The number of fused-ring (bicyclic) bond motifs is 1. The molecule has 2 aromatic heterocycles. The Kier molecular flexibility index (Phi) is 4.43. The Labute approximate surface area is 133 Å². The number of aromatic nitrogens is 1. The molecular weight excluding hydrogens is 296 g/mol. The van der Waals surface area contributed by atoms with Gasteiger partial charge >= 0.3 is 0 Å². The number of rotatable bonds is 6. The normalized spacial score (nSPS) is 13.8. The summed E-state index contributed by atoms with van der Waals surface area (Å²) in [6.45, 7) is 1.84. The molecule has 2 atom stereocenters. The lowest BCUT2D eigenvalue weighted by Gasteiger charge is -2.16.